The molecule has 1 aliphatic heterocycles. The number of ether oxygens (including phenoxy) is 1. The van der Waals surface area contributed by atoms with E-state index in [9.17, 15) is 14.9 Å². The summed E-state index contributed by atoms with van der Waals surface area (Å²) in [4.78, 5) is 35.0. The van der Waals surface area contributed by atoms with Crippen LogP contribution in [0.5, 0.6) is 0 Å². The van der Waals surface area contributed by atoms with Crippen LogP contribution < -0.4 is 10.3 Å². The Kier molecular flexibility index (Phi) is 7.10. The summed E-state index contributed by atoms with van der Waals surface area (Å²) in [5.41, 5.74) is 0.846. The summed E-state index contributed by atoms with van der Waals surface area (Å²) < 4.78 is 7.14. The highest BCUT2D eigenvalue weighted by atomic mass is 16.5. The van der Waals surface area contributed by atoms with E-state index >= 15 is 0 Å². The van der Waals surface area contributed by atoms with Crippen molar-refractivity contribution in [1.29, 1.82) is 5.26 Å². The van der Waals surface area contributed by atoms with Gasteiger partial charge in [0.25, 0.3) is 5.91 Å². The minimum Gasteiger partial charge on any atom is -0.445 e. The number of aromatic nitrogens is 3. The van der Waals surface area contributed by atoms with Crippen molar-refractivity contribution in [3.63, 3.8) is 0 Å². The number of nitrogens with one attached hydrogen (secondary N) is 1. The molecule has 1 saturated heterocycles. The smallest absolute Gasteiger partial charge is 0.408 e. The molecule has 2 aromatic heterocycles. The molecule has 10 nitrogen and oxygen atoms in total. The summed E-state index contributed by atoms with van der Waals surface area (Å²) in [5, 5.41) is 15.8. The first-order chi connectivity index (χ1) is 17.2. The lowest BCUT2D eigenvalue weighted by Crippen LogP contribution is -2.53. The standard InChI is InChI=1S/C26H31N7O3/c1-18(2)12-21(30-25(35)36-15-19-8-6-5-7-9-19)23(34)33-17-26(3,4)16-32(33)22-13-20(14-27)29-24-28-10-11-31(22)24/h5-11,13,18,21H,12,15-17H2,1-4H3,(H,30,35). The maximum Gasteiger partial charge on any atom is 0.408 e. The summed E-state index contributed by atoms with van der Waals surface area (Å²) in [6.07, 6.45) is 3.16. The number of hydrazine groups is 1. The fourth-order valence-corrected chi connectivity index (χ4v) is 4.36. The molecule has 0 saturated carbocycles. The number of carbonyl (C=O) groups excluding carboxylic acids is 2. The van der Waals surface area contributed by atoms with E-state index in [0.29, 0.717) is 31.1 Å². The van der Waals surface area contributed by atoms with Gasteiger partial charge in [-0.2, -0.15) is 5.26 Å². The Morgan fingerprint density at radius 1 is 1.22 bits per heavy atom. The molecule has 1 atom stereocenters. The third kappa shape index (κ3) is 5.57. The maximum atomic E-state index is 13.9. The van der Waals surface area contributed by atoms with Crippen LogP contribution in [0.2, 0.25) is 0 Å². The fourth-order valence-electron chi connectivity index (χ4n) is 4.36. The minimum absolute atomic E-state index is 0.116. The van der Waals surface area contributed by atoms with Crippen LogP contribution in [-0.2, 0) is 16.1 Å². The summed E-state index contributed by atoms with van der Waals surface area (Å²) in [7, 11) is 0. The van der Waals surface area contributed by atoms with E-state index in [2.05, 4.69) is 35.2 Å². The number of alkyl carbamates (subject to hydrolysis) is 1. The van der Waals surface area contributed by atoms with E-state index in [1.807, 2.05) is 49.2 Å². The van der Waals surface area contributed by atoms with Crippen molar-refractivity contribution in [2.24, 2.45) is 11.3 Å². The van der Waals surface area contributed by atoms with E-state index < -0.39 is 12.1 Å². The lowest BCUT2D eigenvalue weighted by Gasteiger charge is -2.33. The zero-order valence-electron chi connectivity index (χ0n) is 21.0. The Morgan fingerprint density at radius 2 is 1.97 bits per heavy atom. The van der Waals surface area contributed by atoms with Crippen LogP contribution in [0, 0.1) is 22.7 Å². The van der Waals surface area contributed by atoms with Gasteiger partial charge in [-0.25, -0.2) is 14.8 Å². The predicted molar refractivity (Wildman–Crippen MR) is 134 cm³/mol. The second-order valence-corrected chi connectivity index (χ2v) is 10.2. The lowest BCUT2D eigenvalue weighted by molar-refractivity contribution is -0.133. The molecule has 1 N–H and O–H groups in total. The number of hydrogen-bond donors (Lipinski definition) is 1. The van der Waals surface area contributed by atoms with Crippen molar-refractivity contribution >= 4 is 23.6 Å². The van der Waals surface area contributed by atoms with E-state index in [1.165, 1.54) is 0 Å². The molecule has 188 valence electrons. The first-order valence-electron chi connectivity index (χ1n) is 12.0. The molecular formula is C26H31N7O3. The van der Waals surface area contributed by atoms with Crippen LogP contribution in [0.4, 0.5) is 10.6 Å². The number of anilines is 1. The van der Waals surface area contributed by atoms with Gasteiger partial charge in [-0.15, -0.1) is 0 Å². The SMILES string of the molecule is CC(C)CC(NC(=O)OCc1ccccc1)C(=O)N1CC(C)(C)CN1c1cc(C#N)nc2nccn12. The molecule has 3 heterocycles. The van der Waals surface area contributed by atoms with E-state index in [-0.39, 0.29) is 29.5 Å². The first kappa shape index (κ1) is 25.0. The summed E-state index contributed by atoms with van der Waals surface area (Å²) in [6.45, 7) is 9.24. The summed E-state index contributed by atoms with van der Waals surface area (Å²) in [5.74, 6) is 0.906. The predicted octanol–water partition coefficient (Wildman–Crippen LogP) is 3.53. The van der Waals surface area contributed by atoms with Gasteiger partial charge in [0.05, 0.1) is 0 Å². The number of fused-ring (bicyclic) bond motifs is 1. The van der Waals surface area contributed by atoms with E-state index in [1.54, 1.807) is 27.9 Å². The number of benzene rings is 1. The third-order valence-electron chi connectivity index (χ3n) is 5.94. The molecule has 0 aliphatic carbocycles. The molecule has 1 unspecified atom stereocenters. The number of amides is 2. The van der Waals surface area contributed by atoms with Crippen LogP contribution in [0.15, 0.2) is 48.8 Å². The van der Waals surface area contributed by atoms with Gasteiger partial charge in [-0.1, -0.05) is 58.0 Å². The van der Waals surface area contributed by atoms with Crippen molar-refractivity contribution in [3.8, 4) is 6.07 Å². The van der Waals surface area contributed by atoms with Gasteiger partial charge < -0.3 is 10.1 Å². The minimum atomic E-state index is -0.778. The molecular weight excluding hydrogens is 458 g/mol. The number of nitrogens with zero attached hydrogens (tertiary/aromatic N) is 6. The molecule has 1 fully saturated rings. The average Bonchev–Trinajstić information content (AvgIpc) is 3.45. The van der Waals surface area contributed by atoms with Crippen LogP contribution in [0.3, 0.4) is 0 Å². The normalized spacial score (nSPS) is 15.7. The Balaban J connectivity index is 1.59. The zero-order chi connectivity index (χ0) is 25.9. The van der Waals surface area contributed by atoms with E-state index in [4.69, 9.17) is 4.74 Å². The average molecular weight is 490 g/mol. The second-order valence-electron chi connectivity index (χ2n) is 10.2. The van der Waals surface area contributed by atoms with Crippen LogP contribution in [-0.4, -0.2) is 50.5 Å². The number of carbonyl (C=O) groups is 2. The molecule has 0 spiro atoms. The zero-order valence-corrected chi connectivity index (χ0v) is 21.0. The van der Waals surface area contributed by atoms with Crippen LogP contribution in [0.25, 0.3) is 5.78 Å². The highest BCUT2D eigenvalue weighted by Gasteiger charge is 2.42. The molecule has 36 heavy (non-hydrogen) atoms. The quantitative estimate of drug-likeness (QED) is 0.540. The van der Waals surface area contributed by atoms with Crippen LogP contribution >= 0.6 is 0 Å². The molecule has 0 bridgehead atoms. The molecule has 4 rings (SSSR count). The highest BCUT2D eigenvalue weighted by molar-refractivity contribution is 5.87. The monoisotopic (exact) mass is 489 g/mol. The van der Waals surface area contributed by atoms with Gasteiger partial charge in [0.1, 0.15) is 30.2 Å². The second kappa shape index (κ2) is 10.2. The van der Waals surface area contributed by atoms with Crippen molar-refractivity contribution in [1.82, 2.24) is 24.7 Å². The van der Waals surface area contributed by atoms with Gasteiger partial charge in [0, 0.05) is 37.0 Å². The molecule has 10 heteroatoms. The van der Waals surface area contributed by atoms with Crippen molar-refractivity contribution in [2.75, 3.05) is 18.1 Å². The number of rotatable bonds is 7. The molecule has 3 aromatic rings. The Bertz CT molecular complexity index is 1280. The van der Waals surface area contributed by atoms with Gasteiger partial charge in [0.2, 0.25) is 5.78 Å². The largest absolute Gasteiger partial charge is 0.445 e. The Morgan fingerprint density at radius 3 is 2.67 bits per heavy atom. The maximum absolute atomic E-state index is 13.9. The Labute approximate surface area is 210 Å². The number of hydrogen-bond acceptors (Lipinski definition) is 7. The summed E-state index contributed by atoms with van der Waals surface area (Å²) >= 11 is 0. The fraction of sp³-hybridized carbons (Fsp3) is 0.423. The van der Waals surface area contributed by atoms with E-state index in [0.717, 1.165) is 5.56 Å². The van der Waals surface area contributed by atoms with Gasteiger partial charge >= 0.3 is 6.09 Å². The number of nitriles is 1. The van der Waals surface area contributed by atoms with Gasteiger partial charge in [-0.3, -0.25) is 19.2 Å². The van der Waals surface area contributed by atoms with Crippen molar-refractivity contribution in [3.05, 3.63) is 60.0 Å². The third-order valence-corrected chi connectivity index (χ3v) is 5.94. The highest BCUT2D eigenvalue weighted by Crippen LogP contribution is 2.33. The van der Waals surface area contributed by atoms with Gasteiger partial charge in [0.15, 0.2) is 0 Å². The Hall–Kier alpha value is -4.13. The van der Waals surface area contributed by atoms with Crippen molar-refractivity contribution < 1.29 is 14.3 Å². The molecule has 2 amide bonds. The topological polar surface area (TPSA) is 116 Å². The number of imidazole rings is 1. The van der Waals surface area contributed by atoms with Crippen molar-refractivity contribution in [2.45, 2.75) is 46.8 Å². The molecule has 1 aromatic carbocycles. The molecule has 1 aliphatic rings. The van der Waals surface area contributed by atoms with Crippen LogP contribution in [0.1, 0.15) is 45.4 Å². The molecule has 0 radical (unpaired) electrons. The lowest BCUT2D eigenvalue weighted by atomic mass is 9.95. The first-order valence-corrected chi connectivity index (χ1v) is 12.0. The summed E-state index contributed by atoms with van der Waals surface area (Å²) in [6, 6.07) is 12.3. The van der Waals surface area contributed by atoms with Gasteiger partial charge in [-0.05, 0) is 17.9 Å².